The lowest BCUT2D eigenvalue weighted by Gasteiger charge is -2.00. The molecule has 4 nitrogen and oxygen atoms in total. The Balaban J connectivity index is 2.11. The Morgan fingerprint density at radius 1 is 1.12 bits per heavy atom. The number of aromatic amines is 1. The molecular weight excluding hydrogens is 406 g/mol. The summed E-state index contributed by atoms with van der Waals surface area (Å²) < 4.78 is 5.46. The third kappa shape index (κ3) is 3.67. The number of ketones is 1. The molecule has 0 saturated carbocycles. The Bertz CT molecular complexity index is 990. The summed E-state index contributed by atoms with van der Waals surface area (Å²) in [6.07, 6.45) is 3.59. The van der Waals surface area contributed by atoms with Crippen LogP contribution in [0.1, 0.15) is 21.6 Å². The van der Waals surface area contributed by atoms with Crippen LogP contribution < -0.4 is 0 Å². The molecule has 3 aromatic rings. The van der Waals surface area contributed by atoms with Gasteiger partial charge in [-0.15, -0.1) is 0 Å². The van der Waals surface area contributed by atoms with Crippen molar-refractivity contribution in [2.75, 3.05) is 7.11 Å². The number of carbonyl (C=O) groups excluding carboxylic acids is 2. The van der Waals surface area contributed by atoms with E-state index in [2.05, 4.69) is 25.7 Å². The first kappa shape index (κ1) is 17.5. The molecule has 3 rings (SSSR count). The molecular formula is C19H13BrClNO3. The molecule has 0 unspecified atom stereocenters. The summed E-state index contributed by atoms with van der Waals surface area (Å²) in [6, 6.07) is 12.7. The molecule has 0 aliphatic rings. The second kappa shape index (κ2) is 7.25. The van der Waals surface area contributed by atoms with E-state index in [1.165, 1.54) is 7.11 Å². The van der Waals surface area contributed by atoms with Crippen molar-refractivity contribution >= 4 is 62.3 Å². The number of esters is 1. The summed E-state index contributed by atoms with van der Waals surface area (Å²) in [5.74, 6) is -1.59. The number of fused-ring (bicyclic) bond motifs is 1. The minimum absolute atomic E-state index is 0.291. The first-order valence-corrected chi connectivity index (χ1v) is 8.54. The average Bonchev–Trinajstić information content (AvgIpc) is 2.97. The maximum Gasteiger partial charge on any atom is 0.379 e. The number of methoxy groups -OCH3 is 1. The lowest BCUT2D eigenvalue weighted by Crippen LogP contribution is -2.16. The normalized spacial score (nSPS) is 11.2. The van der Waals surface area contributed by atoms with Crippen molar-refractivity contribution in [2.45, 2.75) is 0 Å². The molecule has 1 N–H and O–H groups in total. The van der Waals surface area contributed by atoms with Crippen molar-refractivity contribution in [2.24, 2.45) is 0 Å². The van der Waals surface area contributed by atoms with Gasteiger partial charge in [0.25, 0.3) is 5.78 Å². The van der Waals surface area contributed by atoms with Gasteiger partial charge in [0, 0.05) is 20.4 Å². The zero-order chi connectivity index (χ0) is 18.0. The molecule has 0 saturated heterocycles. The zero-order valence-electron chi connectivity index (χ0n) is 13.2. The summed E-state index contributed by atoms with van der Waals surface area (Å²) in [4.78, 5) is 27.4. The van der Waals surface area contributed by atoms with Gasteiger partial charge in [0.2, 0.25) is 0 Å². The lowest BCUT2D eigenvalue weighted by atomic mass is 10.1. The fourth-order valence-electron chi connectivity index (χ4n) is 2.51. The summed E-state index contributed by atoms with van der Waals surface area (Å²) in [5.41, 5.74) is 2.50. The van der Waals surface area contributed by atoms with Crippen LogP contribution in [0.2, 0.25) is 5.02 Å². The highest BCUT2D eigenvalue weighted by Crippen LogP contribution is 2.27. The van der Waals surface area contributed by atoms with Crippen LogP contribution in [-0.2, 0) is 9.53 Å². The van der Waals surface area contributed by atoms with Crippen LogP contribution in [0.5, 0.6) is 0 Å². The predicted octanol–water partition coefficient (Wildman–Crippen LogP) is 5.11. The van der Waals surface area contributed by atoms with Crippen molar-refractivity contribution in [1.29, 1.82) is 0 Å². The van der Waals surface area contributed by atoms with Crippen molar-refractivity contribution in [3.05, 3.63) is 68.8 Å². The first-order chi connectivity index (χ1) is 12.0. The van der Waals surface area contributed by atoms with E-state index in [0.717, 1.165) is 15.6 Å². The number of rotatable bonds is 4. The van der Waals surface area contributed by atoms with E-state index in [9.17, 15) is 9.59 Å². The lowest BCUT2D eigenvalue weighted by molar-refractivity contribution is -0.135. The van der Waals surface area contributed by atoms with E-state index < -0.39 is 11.8 Å². The fourth-order valence-corrected chi connectivity index (χ4v) is 3.00. The van der Waals surface area contributed by atoms with Gasteiger partial charge in [-0.25, -0.2) is 4.79 Å². The number of carbonyl (C=O) groups is 2. The van der Waals surface area contributed by atoms with Crippen molar-refractivity contribution in [1.82, 2.24) is 4.98 Å². The average molecular weight is 419 g/mol. The number of halogens is 2. The minimum Gasteiger partial charge on any atom is -0.463 e. The molecule has 0 aliphatic carbocycles. The quantitative estimate of drug-likeness (QED) is 0.364. The summed E-state index contributed by atoms with van der Waals surface area (Å²) in [7, 11) is 1.19. The number of H-pyrrole nitrogens is 1. The van der Waals surface area contributed by atoms with Crippen LogP contribution in [0.3, 0.4) is 0 Å². The smallest absolute Gasteiger partial charge is 0.379 e. The summed E-state index contributed by atoms with van der Waals surface area (Å²) >= 11 is 9.29. The topological polar surface area (TPSA) is 59.2 Å². The molecule has 0 atom stereocenters. The molecule has 1 heterocycles. The minimum atomic E-state index is -0.898. The molecule has 6 heteroatoms. The number of aromatic nitrogens is 1. The van der Waals surface area contributed by atoms with Gasteiger partial charge in [0.1, 0.15) is 0 Å². The molecule has 0 spiro atoms. The van der Waals surface area contributed by atoms with Crippen LogP contribution in [0.15, 0.2) is 46.9 Å². The number of ether oxygens (including phenoxy) is 1. The molecule has 126 valence electrons. The Morgan fingerprint density at radius 2 is 1.84 bits per heavy atom. The highest BCUT2D eigenvalue weighted by atomic mass is 79.9. The summed E-state index contributed by atoms with van der Waals surface area (Å²) in [5, 5.41) is 1.31. The highest BCUT2D eigenvalue weighted by Gasteiger charge is 2.24. The number of hydrogen-bond donors (Lipinski definition) is 1. The van der Waals surface area contributed by atoms with Gasteiger partial charge >= 0.3 is 5.97 Å². The maximum atomic E-state index is 12.5. The van der Waals surface area contributed by atoms with E-state index in [1.54, 1.807) is 24.3 Å². The number of nitrogens with one attached hydrogen (secondary N) is 1. The van der Waals surface area contributed by atoms with Gasteiger partial charge < -0.3 is 9.72 Å². The van der Waals surface area contributed by atoms with Gasteiger partial charge in [-0.3, -0.25) is 4.79 Å². The third-order valence-electron chi connectivity index (χ3n) is 3.70. The maximum absolute atomic E-state index is 12.5. The van der Waals surface area contributed by atoms with E-state index in [-0.39, 0.29) is 0 Å². The predicted molar refractivity (Wildman–Crippen MR) is 103 cm³/mol. The monoisotopic (exact) mass is 417 g/mol. The van der Waals surface area contributed by atoms with E-state index in [4.69, 9.17) is 11.6 Å². The standard InChI is InChI=1S/C19H13BrClNO3/c1-25-19(24)18(23)17-14-8-5-12(20)10-16(14)22-15(17)9-4-11-2-6-13(21)7-3-11/h2-10,22H,1H3/b9-4+. The Labute approximate surface area is 157 Å². The second-order valence-electron chi connectivity index (χ2n) is 5.31. The molecule has 0 fully saturated rings. The fraction of sp³-hybridized carbons (Fsp3) is 0.0526. The van der Waals surface area contributed by atoms with E-state index in [1.807, 2.05) is 30.3 Å². The van der Waals surface area contributed by atoms with Crippen LogP contribution in [0.4, 0.5) is 0 Å². The summed E-state index contributed by atoms with van der Waals surface area (Å²) in [6.45, 7) is 0. The van der Waals surface area contributed by atoms with Crippen LogP contribution in [-0.4, -0.2) is 23.8 Å². The molecule has 25 heavy (non-hydrogen) atoms. The number of benzene rings is 2. The van der Waals surface area contributed by atoms with Crippen LogP contribution in [0, 0.1) is 0 Å². The Hall–Kier alpha value is -2.37. The number of hydrogen-bond acceptors (Lipinski definition) is 3. The van der Waals surface area contributed by atoms with Crippen molar-refractivity contribution < 1.29 is 14.3 Å². The van der Waals surface area contributed by atoms with Gasteiger partial charge in [-0.2, -0.15) is 0 Å². The number of Topliss-reactive ketones (excluding diaryl/α,β-unsaturated/α-hetero) is 1. The Kier molecular flexibility index (Phi) is 5.06. The van der Waals surface area contributed by atoms with Gasteiger partial charge in [-0.1, -0.05) is 51.8 Å². The van der Waals surface area contributed by atoms with Crippen LogP contribution in [0.25, 0.3) is 23.1 Å². The van der Waals surface area contributed by atoms with E-state index in [0.29, 0.717) is 21.7 Å². The molecule has 0 aliphatic heterocycles. The SMILES string of the molecule is COC(=O)C(=O)c1c(/C=C/c2ccc(Cl)cc2)[nH]c2cc(Br)ccc12. The van der Waals surface area contributed by atoms with Crippen LogP contribution >= 0.6 is 27.5 Å². The third-order valence-corrected chi connectivity index (χ3v) is 4.45. The van der Waals surface area contributed by atoms with Gasteiger partial charge in [0.15, 0.2) is 0 Å². The van der Waals surface area contributed by atoms with Crippen molar-refractivity contribution in [3.63, 3.8) is 0 Å². The Morgan fingerprint density at radius 3 is 2.52 bits per heavy atom. The van der Waals surface area contributed by atoms with Gasteiger partial charge in [-0.05, 0) is 35.9 Å². The molecule has 2 aromatic carbocycles. The molecule has 0 bridgehead atoms. The zero-order valence-corrected chi connectivity index (χ0v) is 15.5. The molecule has 1 aromatic heterocycles. The molecule has 0 amide bonds. The second-order valence-corrected chi connectivity index (χ2v) is 6.66. The largest absolute Gasteiger partial charge is 0.463 e. The first-order valence-electron chi connectivity index (χ1n) is 7.37. The van der Waals surface area contributed by atoms with Gasteiger partial charge in [0.05, 0.1) is 18.4 Å². The molecule has 0 radical (unpaired) electrons. The van der Waals surface area contributed by atoms with E-state index >= 15 is 0 Å². The highest BCUT2D eigenvalue weighted by molar-refractivity contribution is 9.10. The van der Waals surface area contributed by atoms with Crippen molar-refractivity contribution in [3.8, 4) is 0 Å².